The van der Waals surface area contributed by atoms with Crippen LogP contribution in [0, 0.1) is 71.0 Å². The third-order valence-corrected chi connectivity index (χ3v) is 0. The maximum Gasteiger partial charge on any atom is 6.00 e. The van der Waals surface area contributed by atoms with Crippen molar-refractivity contribution in [3.63, 3.8) is 0 Å². The van der Waals surface area contributed by atoms with E-state index in [4.69, 9.17) is 71.0 Å². The fourth-order valence-corrected chi connectivity index (χ4v) is 0. The molecule has 0 saturated carbocycles. The Morgan fingerprint density at radius 1 is 0.357 bits per heavy atom. The van der Waals surface area contributed by atoms with E-state index in [9.17, 15) is 0 Å². The first-order valence-electron chi connectivity index (χ1n) is 1.34. The van der Waals surface area contributed by atoms with Gasteiger partial charge in [0.15, 0.2) is 0 Å². The summed E-state index contributed by atoms with van der Waals surface area (Å²) in [7, 11) is 0. The monoisotopic (exact) mass is 326 g/mol. The van der Waals surface area contributed by atoms with Crippen molar-refractivity contribution >= 4 is 0 Å². The van der Waals surface area contributed by atoms with E-state index in [1.165, 1.54) is 0 Å². The first-order valence-corrected chi connectivity index (χ1v) is 1.34. The van der Waals surface area contributed by atoms with Gasteiger partial charge in [-0.2, -0.15) is 0 Å². The van der Waals surface area contributed by atoms with Gasteiger partial charge in [0.2, 0.25) is 0 Å². The Labute approximate surface area is 115 Å². The predicted molar refractivity (Wildman–Crippen MR) is 29.8 cm³/mol. The summed E-state index contributed by atoms with van der Waals surface area (Å²) in [6, 6.07) is 0. The molecule has 8 heteroatoms. The topological polar surface area (TPSA) is 143 Å². The van der Waals surface area contributed by atoms with Gasteiger partial charge in [-0.25, -0.2) is 0 Å². The minimum atomic E-state index is 0. The average molecular weight is 324 g/mol. The van der Waals surface area contributed by atoms with E-state index >= 15 is 0 Å². The van der Waals surface area contributed by atoms with Gasteiger partial charge in [-0.3, -0.25) is 0 Å². The molecule has 0 atom stereocenters. The summed E-state index contributed by atoms with van der Waals surface area (Å²) in [6.07, 6.45) is 0. The molecule has 0 fully saturated rings. The fourth-order valence-electron chi connectivity index (χ4n) is 0. The molecular weight excluding hydrogens is 324 g/mol. The van der Waals surface area contributed by atoms with E-state index in [0.717, 1.165) is 0 Å². The van der Waals surface area contributed by atoms with Gasteiger partial charge in [-0.1, -0.05) is 0 Å². The van der Waals surface area contributed by atoms with Crippen LogP contribution in [0.3, 0.4) is 0 Å². The van der Waals surface area contributed by atoms with Gasteiger partial charge in [-0.15, -0.1) is 0 Å². The molecule has 0 aliphatic rings. The zero-order valence-corrected chi connectivity index (χ0v) is 11.9. The number of hydrogen-bond donors (Lipinski definition) is 0. The third kappa shape index (κ3) is 349. The van der Waals surface area contributed by atoms with Crippen molar-refractivity contribution in [2.24, 2.45) is 0 Å². The van der Waals surface area contributed by atoms with E-state index in [1.807, 2.05) is 0 Å². The molecule has 64 valence electrons. The maximum absolute atomic E-state index is 6.25. The fraction of sp³-hybridized carbons (Fsp3) is 0. The van der Waals surface area contributed by atoms with Crippen LogP contribution in [0.15, 0.2) is 0 Å². The van der Waals surface area contributed by atoms with Crippen LogP contribution in [0.1, 0.15) is 0 Å². The summed E-state index contributed by atoms with van der Waals surface area (Å²) < 4.78 is 0. The Bertz CT molecular complexity index is 97.3. The van der Waals surface area contributed by atoms with Crippen LogP contribution in [-0.2, 0) is 44.4 Å². The van der Waals surface area contributed by atoms with E-state index < -0.39 is 0 Å². The number of hydrogen-bond acceptors (Lipinski definition) is 6. The molecule has 0 N–H and O–H groups in total. The zero-order valence-electron chi connectivity index (χ0n) is 6.74. The van der Waals surface area contributed by atoms with E-state index in [0.29, 0.717) is 0 Å². The first kappa shape index (κ1) is 83.5. The van der Waals surface area contributed by atoms with E-state index in [1.54, 1.807) is 0 Å². The van der Waals surface area contributed by atoms with Crippen LogP contribution in [-0.4, -0.2) is 0 Å². The molecule has 0 aliphatic heterocycles. The maximum atomic E-state index is 6.25. The summed E-state index contributed by atoms with van der Waals surface area (Å²) >= 11 is 0. The molecule has 0 aromatic carbocycles. The molecule has 0 aliphatic carbocycles. The molecule has 0 spiro atoms. The molecule has 0 amide bonds. The Morgan fingerprint density at radius 2 is 0.357 bits per heavy atom. The standard InChI is InChI=1S/6CN.Cd.Fe/c6*1-2;;/q6*-1;;+6. The molecule has 0 unspecified atom stereocenters. The van der Waals surface area contributed by atoms with Crippen molar-refractivity contribution in [2.45, 2.75) is 0 Å². The summed E-state index contributed by atoms with van der Waals surface area (Å²) in [4.78, 5) is 0. The van der Waals surface area contributed by atoms with Crippen LogP contribution in [0.4, 0.5) is 0 Å². The van der Waals surface area contributed by atoms with Gasteiger partial charge in [-0.05, 0) is 0 Å². The molecule has 0 bridgehead atoms. The van der Waals surface area contributed by atoms with Crippen LogP contribution in [0.25, 0.3) is 0 Å². The second-order valence-corrected chi connectivity index (χ2v) is 0. The second kappa shape index (κ2) is 468. The Balaban J connectivity index is -0.00000000500. The summed E-state index contributed by atoms with van der Waals surface area (Å²) in [5.41, 5.74) is 0. The number of nitrogens with zero attached hydrogens (tertiary/aromatic N) is 6. The van der Waals surface area contributed by atoms with Crippen molar-refractivity contribution in [3.8, 4) is 0 Å². The van der Waals surface area contributed by atoms with Crippen LogP contribution >= 0.6 is 0 Å². The van der Waals surface area contributed by atoms with Crippen LogP contribution < -0.4 is 0 Å². The molecule has 0 heterocycles. The normalized spacial score (nSPS) is 0.857. The molecule has 0 rings (SSSR count). The zero-order chi connectivity index (χ0) is 12.0. The minimum absolute atomic E-state index is 0. The van der Waals surface area contributed by atoms with E-state index in [-0.39, 0.29) is 44.4 Å². The molecule has 0 aromatic heterocycles. The first-order chi connectivity index (χ1) is 6.00. The molecule has 0 aromatic rings. The smallest absolute Gasteiger partial charge is 0.512 e. The van der Waals surface area contributed by atoms with Crippen molar-refractivity contribution in [3.05, 3.63) is 39.4 Å². The molecule has 0 saturated heterocycles. The van der Waals surface area contributed by atoms with Crippen LogP contribution in [0.2, 0.25) is 0 Å². The van der Waals surface area contributed by atoms with Gasteiger partial charge in [0.05, 0.1) is 0 Å². The summed E-state index contributed by atoms with van der Waals surface area (Å²) in [5.74, 6) is 0. The quantitative estimate of drug-likeness (QED) is 0.471. The average Bonchev–Trinajstić information content (AvgIpc) is 2.33. The van der Waals surface area contributed by atoms with Crippen LogP contribution in [0.5, 0.6) is 0 Å². The van der Waals surface area contributed by atoms with Gasteiger partial charge in [0.25, 0.3) is 0 Å². The van der Waals surface area contributed by atoms with Crippen molar-refractivity contribution < 1.29 is 44.4 Å². The van der Waals surface area contributed by atoms with Gasteiger partial charge in [0.1, 0.15) is 0 Å². The third-order valence-electron chi connectivity index (χ3n) is 0. The van der Waals surface area contributed by atoms with E-state index in [2.05, 4.69) is 0 Å². The van der Waals surface area contributed by atoms with Crippen molar-refractivity contribution in [1.29, 1.82) is 31.6 Å². The predicted octanol–water partition coefficient (Wildman–Crippen LogP) is 0.573. The largest absolute Gasteiger partial charge is 6.00 e. The van der Waals surface area contributed by atoms with Gasteiger partial charge >= 0.3 is 17.1 Å². The molecule has 14 heavy (non-hydrogen) atoms. The Kier molecular flexibility index (Phi) is 2790. The molecular formula is C6CdFeN6. The second-order valence-electron chi connectivity index (χ2n) is 0. The van der Waals surface area contributed by atoms with Gasteiger partial charge in [0, 0.05) is 27.3 Å². The SMILES string of the molecule is [C-]#N.[C-]#N.[C-]#N.[C-]#N.[C-]#N.[C-]#N.[Cd].[Fe+6]. The van der Waals surface area contributed by atoms with Crippen molar-refractivity contribution in [1.82, 2.24) is 0 Å². The Morgan fingerprint density at radius 3 is 0.357 bits per heavy atom. The van der Waals surface area contributed by atoms with Gasteiger partial charge < -0.3 is 71.0 Å². The van der Waals surface area contributed by atoms with Crippen molar-refractivity contribution in [2.75, 3.05) is 0 Å². The summed E-state index contributed by atoms with van der Waals surface area (Å²) in [5, 5.41) is 37.5. The number of rotatable bonds is 0. The summed E-state index contributed by atoms with van der Waals surface area (Å²) in [6.45, 7) is 28.5. The molecule has 0 radical (unpaired) electrons. The molecule has 6 nitrogen and oxygen atoms in total. The Hall–Kier alpha value is -1.62. The minimum Gasteiger partial charge on any atom is -0.512 e.